The Kier molecular flexibility index (Phi) is 7.31. The molecule has 3 N–H and O–H groups in total. The van der Waals surface area contributed by atoms with Crippen molar-refractivity contribution >= 4 is 11.6 Å². The monoisotopic (exact) mass is 351 g/mol. The predicted octanol–water partition coefficient (Wildman–Crippen LogP) is 2.16. The standard InChI is InChI=1S/C18H23ClN2O3/c1-3-15(11-22)20-9-13-4-6-16(17(8-13)23-2)24-12-14-5-7-18(19)21-10-14/h4-8,10,15,20,22H,3,9,11-12H2,1-2H3/p+1/t15-/m0/s1. The van der Waals surface area contributed by atoms with Crippen molar-refractivity contribution in [3.05, 3.63) is 52.8 Å². The number of rotatable bonds is 9. The summed E-state index contributed by atoms with van der Waals surface area (Å²) in [6, 6.07) is 9.73. The molecule has 6 heteroatoms. The molecule has 1 aromatic heterocycles. The minimum absolute atomic E-state index is 0.184. The van der Waals surface area contributed by atoms with Gasteiger partial charge in [-0.15, -0.1) is 0 Å². The van der Waals surface area contributed by atoms with Gasteiger partial charge in [0.15, 0.2) is 11.5 Å². The summed E-state index contributed by atoms with van der Waals surface area (Å²) < 4.78 is 11.2. The average Bonchev–Trinajstić information content (AvgIpc) is 2.62. The average molecular weight is 352 g/mol. The summed E-state index contributed by atoms with van der Waals surface area (Å²) in [5, 5.41) is 11.9. The van der Waals surface area contributed by atoms with Crippen LogP contribution in [-0.4, -0.2) is 29.8 Å². The van der Waals surface area contributed by atoms with Crippen LogP contribution in [0.2, 0.25) is 5.15 Å². The van der Waals surface area contributed by atoms with Crippen LogP contribution >= 0.6 is 11.6 Å². The number of aliphatic hydroxyl groups is 1. The number of nitrogens with zero attached hydrogens (tertiary/aromatic N) is 1. The summed E-state index contributed by atoms with van der Waals surface area (Å²) in [6.45, 7) is 3.44. The molecular weight excluding hydrogens is 328 g/mol. The fourth-order valence-corrected chi connectivity index (χ4v) is 2.40. The highest BCUT2D eigenvalue weighted by atomic mass is 35.5. The first-order chi connectivity index (χ1) is 11.7. The van der Waals surface area contributed by atoms with Gasteiger partial charge in [-0.2, -0.15) is 0 Å². The second kappa shape index (κ2) is 9.47. The molecule has 0 aliphatic rings. The Hall–Kier alpha value is -1.82. The summed E-state index contributed by atoms with van der Waals surface area (Å²) in [4.78, 5) is 4.03. The van der Waals surface area contributed by atoms with Crippen molar-refractivity contribution in [1.82, 2.24) is 4.98 Å². The normalized spacial score (nSPS) is 12.0. The number of hydrogen-bond acceptors (Lipinski definition) is 4. The predicted molar refractivity (Wildman–Crippen MR) is 93.4 cm³/mol. The van der Waals surface area contributed by atoms with Crippen LogP contribution in [0.4, 0.5) is 0 Å². The number of methoxy groups -OCH3 is 1. The molecule has 0 unspecified atom stereocenters. The lowest BCUT2D eigenvalue weighted by atomic mass is 10.1. The van der Waals surface area contributed by atoms with Crippen LogP contribution in [0.15, 0.2) is 36.5 Å². The van der Waals surface area contributed by atoms with E-state index in [1.165, 1.54) is 0 Å². The molecule has 1 aromatic carbocycles. The summed E-state index contributed by atoms with van der Waals surface area (Å²) in [5.41, 5.74) is 2.06. The van der Waals surface area contributed by atoms with Crippen molar-refractivity contribution in [3.8, 4) is 11.5 Å². The van der Waals surface area contributed by atoms with Gasteiger partial charge in [0.1, 0.15) is 24.3 Å². The summed E-state index contributed by atoms with van der Waals surface area (Å²) in [5.74, 6) is 1.38. The van der Waals surface area contributed by atoms with Gasteiger partial charge in [-0.25, -0.2) is 4.98 Å². The highest BCUT2D eigenvalue weighted by molar-refractivity contribution is 6.29. The van der Waals surface area contributed by atoms with Gasteiger partial charge in [0, 0.05) is 17.3 Å². The van der Waals surface area contributed by atoms with E-state index < -0.39 is 0 Å². The maximum atomic E-state index is 9.25. The molecule has 5 nitrogen and oxygen atoms in total. The van der Waals surface area contributed by atoms with Gasteiger partial charge < -0.3 is 19.9 Å². The fourth-order valence-electron chi connectivity index (χ4n) is 2.28. The lowest BCUT2D eigenvalue weighted by molar-refractivity contribution is -0.706. The number of halogens is 1. The summed E-state index contributed by atoms with van der Waals surface area (Å²) in [7, 11) is 1.63. The van der Waals surface area contributed by atoms with E-state index in [-0.39, 0.29) is 12.6 Å². The van der Waals surface area contributed by atoms with Crippen LogP contribution in [0.5, 0.6) is 11.5 Å². The van der Waals surface area contributed by atoms with Crippen molar-refractivity contribution in [2.24, 2.45) is 0 Å². The second-order valence-electron chi connectivity index (χ2n) is 5.55. The molecule has 0 radical (unpaired) electrons. The van der Waals surface area contributed by atoms with Crippen LogP contribution in [-0.2, 0) is 13.2 Å². The molecule has 2 rings (SSSR count). The molecule has 0 saturated heterocycles. The first-order valence-electron chi connectivity index (χ1n) is 8.00. The summed E-state index contributed by atoms with van der Waals surface area (Å²) >= 11 is 5.78. The van der Waals surface area contributed by atoms with Gasteiger partial charge in [0.25, 0.3) is 0 Å². The van der Waals surface area contributed by atoms with Gasteiger partial charge in [-0.05, 0) is 30.7 Å². The molecule has 1 atom stereocenters. The minimum atomic E-state index is 0.184. The van der Waals surface area contributed by atoms with E-state index in [4.69, 9.17) is 21.1 Å². The molecule has 1 heterocycles. The highest BCUT2D eigenvalue weighted by Crippen LogP contribution is 2.28. The molecule has 0 amide bonds. The Balaban J connectivity index is 1.99. The third-order valence-corrected chi connectivity index (χ3v) is 4.08. The van der Waals surface area contributed by atoms with Gasteiger partial charge in [-0.1, -0.05) is 24.6 Å². The number of aromatic nitrogens is 1. The molecule has 2 aromatic rings. The maximum Gasteiger partial charge on any atom is 0.161 e. The Bertz CT molecular complexity index is 631. The molecule has 0 aliphatic heterocycles. The lowest BCUT2D eigenvalue weighted by Gasteiger charge is -2.14. The number of pyridine rings is 1. The Morgan fingerprint density at radius 1 is 1.21 bits per heavy atom. The van der Waals surface area contributed by atoms with E-state index in [2.05, 4.69) is 17.2 Å². The van der Waals surface area contributed by atoms with E-state index in [9.17, 15) is 5.11 Å². The van der Waals surface area contributed by atoms with Gasteiger partial charge in [-0.3, -0.25) is 0 Å². The summed E-state index contributed by atoms with van der Waals surface area (Å²) in [6.07, 6.45) is 2.63. The number of quaternary nitrogens is 1. The van der Waals surface area contributed by atoms with Crippen molar-refractivity contribution in [2.45, 2.75) is 32.5 Å². The van der Waals surface area contributed by atoms with Crippen LogP contribution < -0.4 is 14.8 Å². The highest BCUT2D eigenvalue weighted by Gasteiger charge is 2.10. The number of hydrogen-bond donors (Lipinski definition) is 2. The zero-order valence-corrected chi connectivity index (χ0v) is 14.8. The first-order valence-corrected chi connectivity index (χ1v) is 8.38. The van der Waals surface area contributed by atoms with Crippen LogP contribution in [0.25, 0.3) is 0 Å². The lowest BCUT2D eigenvalue weighted by Crippen LogP contribution is -2.89. The van der Waals surface area contributed by atoms with E-state index in [1.54, 1.807) is 19.4 Å². The number of nitrogens with two attached hydrogens (primary N) is 1. The Morgan fingerprint density at radius 3 is 2.62 bits per heavy atom. The second-order valence-corrected chi connectivity index (χ2v) is 5.94. The van der Waals surface area contributed by atoms with Crippen LogP contribution in [0, 0.1) is 0 Å². The van der Waals surface area contributed by atoms with Gasteiger partial charge >= 0.3 is 0 Å². The molecule has 0 bridgehead atoms. The zero-order chi connectivity index (χ0) is 17.4. The van der Waals surface area contributed by atoms with E-state index in [1.807, 2.05) is 24.3 Å². The Labute approximate surface area is 147 Å². The van der Waals surface area contributed by atoms with Crippen LogP contribution in [0.3, 0.4) is 0 Å². The van der Waals surface area contributed by atoms with E-state index in [0.29, 0.717) is 23.3 Å². The first kappa shape index (κ1) is 18.5. The molecule has 0 spiro atoms. The minimum Gasteiger partial charge on any atom is -0.493 e. The zero-order valence-electron chi connectivity index (χ0n) is 14.0. The topological polar surface area (TPSA) is 68.2 Å². The van der Waals surface area contributed by atoms with Crippen molar-refractivity contribution in [1.29, 1.82) is 0 Å². The van der Waals surface area contributed by atoms with Crippen molar-refractivity contribution in [2.75, 3.05) is 13.7 Å². The molecule has 130 valence electrons. The van der Waals surface area contributed by atoms with Crippen LogP contribution in [0.1, 0.15) is 24.5 Å². The van der Waals surface area contributed by atoms with Gasteiger partial charge in [0.2, 0.25) is 0 Å². The SMILES string of the molecule is CC[C@@H](CO)[NH2+]Cc1ccc(OCc2ccc(Cl)nc2)c(OC)c1. The van der Waals surface area contributed by atoms with E-state index in [0.717, 1.165) is 24.1 Å². The fraction of sp³-hybridized carbons (Fsp3) is 0.389. The third-order valence-electron chi connectivity index (χ3n) is 3.86. The third kappa shape index (κ3) is 5.37. The quantitative estimate of drug-likeness (QED) is 0.679. The van der Waals surface area contributed by atoms with Crippen molar-refractivity contribution < 1.29 is 19.9 Å². The smallest absolute Gasteiger partial charge is 0.161 e. The molecule has 24 heavy (non-hydrogen) atoms. The van der Waals surface area contributed by atoms with E-state index >= 15 is 0 Å². The number of aliphatic hydroxyl groups excluding tert-OH is 1. The maximum absolute atomic E-state index is 9.25. The Morgan fingerprint density at radius 2 is 2.00 bits per heavy atom. The number of ether oxygens (including phenoxy) is 2. The molecular formula is C18H24ClN2O3+. The molecule has 0 fully saturated rings. The molecule has 0 saturated carbocycles. The largest absolute Gasteiger partial charge is 0.493 e. The molecule has 0 aliphatic carbocycles. The van der Waals surface area contributed by atoms with Gasteiger partial charge in [0.05, 0.1) is 13.7 Å². The van der Waals surface area contributed by atoms with Crippen molar-refractivity contribution in [3.63, 3.8) is 0 Å². The number of benzene rings is 1.